The van der Waals surface area contributed by atoms with Crippen molar-refractivity contribution in [2.75, 3.05) is 6.54 Å². The number of rotatable bonds is 8. The molecule has 0 aliphatic carbocycles. The second kappa shape index (κ2) is 10.7. The number of unbranched alkanes of at least 4 members (excludes halogenated alkanes) is 1. The van der Waals surface area contributed by atoms with Crippen LogP contribution in [0.25, 0.3) is 0 Å². The van der Waals surface area contributed by atoms with Crippen LogP contribution in [-0.2, 0) is 0 Å². The van der Waals surface area contributed by atoms with E-state index in [4.69, 9.17) is 23.2 Å². The minimum atomic E-state index is -0.912. The van der Waals surface area contributed by atoms with E-state index < -0.39 is 23.4 Å². The van der Waals surface area contributed by atoms with Crippen molar-refractivity contribution in [3.63, 3.8) is 0 Å². The molecule has 0 heterocycles. The van der Waals surface area contributed by atoms with E-state index in [-0.39, 0.29) is 33.6 Å². The van der Waals surface area contributed by atoms with E-state index in [0.29, 0.717) is 6.42 Å². The van der Waals surface area contributed by atoms with Gasteiger partial charge in [0.05, 0.1) is 21.2 Å². The summed E-state index contributed by atoms with van der Waals surface area (Å²) in [6.45, 7) is 4.04. The fraction of sp³-hybridized carbons (Fsp3) is 0.364. The highest BCUT2D eigenvalue weighted by atomic mass is 35.5. The Balaban J connectivity index is 2.47. The molecule has 0 saturated carbocycles. The molecule has 1 unspecified atom stereocenters. The van der Waals surface area contributed by atoms with Crippen LogP contribution in [0.15, 0.2) is 36.4 Å². The molecule has 29 heavy (non-hydrogen) atoms. The lowest BCUT2D eigenvalue weighted by Crippen LogP contribution is -2.41. The predicted molar refractivity (Wildman–Crippen MR) is 111 cm³/mol. The summed E-state index contributed by atoms with van der Waals surface area (Å²) in [6, 6.07) is 7.99. The highest BCUT2D eigenvalue weighted by Crippen LogP contribution is 2.25. The Bertz CT molecular complexity index is 826. The van der Waals surface area contributed by atoms with Gasteiger partial charge in [0.1, 0.15) is 0 Å². The highest BCUT2D eigenvalue weighted by Gasteiger charge is 2.30. The van der Waals surface area contributed by atoms with Crippen LogP contribution in [0.5, 0.6) is 0 Å². The normalized spacial score (nSPS) is 11.9. The number of carbonyl (C=O) groups excluding carboxylic acids is 2. The molecule has 156 valence electrons. The third-order valence-corrected chi connectivity index (χ3v) is 5.42. The van der Waals surface area contributed by atoms with Crippen LogP contribution >= 0.6 is 23.2 Å². The fourth-order valence-corrected chi connectivity index (χ4v) is 3.41. The fourth-order valence-electron chi connectivity index (χ4n) is 3.06. The standard InChI is InChI=1S/C22H23Cl2F2NO2/c1-3-5-8-14(4-2)13-27(21(28)15-9-6-11-17(23)19(15)25)22(29)16-10-7-12-18(24)20(16)26/h6-7,9-12,14H,3-5,8,13H2,1-2H3. The lowest BCUT2D eigenvalue weighted by Gasteiger charge is -2.26. The maximum absolute atomic E-state index is 14.5. The smallest absolute Gasteiger partial charge is 0.263 e. The van der Waals surface area contributed by atoms with Gasteiger partial charge in [0.2, 0.25) is 0 Å². The molecule has 7 heteroatoms. The van der Waals surface area contributed by atoms with E-state index in [1.165, 1.54) is 36.4 Å². The quantitative estimate of drug-likeness (QED) is 0.423. The molecule has 2 aromatic carbocycles. The summed E-state index contributed by atoms with van der Waals surface area (Å²) in [5.74, 6) is -3.53. The van der Waals surface area contributed by atoms with E-state index in [1.54, 1.807) is 0 Å². The first-order chi connectivity index (χ1) is 13.8. The number of imide groups is 1. The van der Waals surface area contributed by atoms with Gasteiger partial charge in [0, 0.05) is 6.54 Å². The van der Waals surface area contributed by atoms with Gasteiger partial charge in [-0.15, -0.1) is 0 Å². The largest absolute Gasteiger partial charge is 0.274 e. The van der Waals surface area contributed by atoms with Gasteiger partial charge in [-0.2, -0.15) is 0 Å². The highest BCUT2D eigenvalue weighted by molar-refractivity contribution is 6.31. The first-order valence-corrected chi connectivity index (χ1v) is 10.3. The lowest BCUT2D eigenvalue weighted by atomic mass is 9.97. The molecule has 0 spiro atoms. The second-order valence-electron chi connectivity index (χ2n) is 6.84. The molecular formula is C22H23Cl2F2NO2. The maximum atomic E-state index is 14.5. The number of halogens is 4. The summed E-state index contributed by atoms with van der Waals surface area (Å²) in [5, 5.41) is -0.453. The molecule has 0 radical (unpaired) electrons. The number of hydrogen-bond acceptors (Lipinski definition) is 2. The Morgan fingerprint density at radius 2 is 1.41 bits per heavy atom. The van der Waals surface area contributed by atoms with Gasteiger partial charge >= 0.3 is 0 Å². The van der Waals surface area contributed by atoms with Gasteiger partial charge in [-0.1, -0.05) is 68.4 Å². The number of amides is 2. The number of benzene rings is 2. The minimum absolute atomic E-state index is 0.00680. The zero-order valence-electron chi connectivity index (χ0n) is 16.4. The summed E-state index contributed by atoms with van der Waals surface area (Å²) in [5.41, 5.74) is -0.669. The van der Waals surface area contributed by atoms with Crippen LogP contribution in [0.4, 0.5) is 8.78 Å². The minimum Gasteiger partial charge on any atom is -0.274 e. The van der Waals surface area contributed by atoms with E-state index >= 15 is 0 Å². The Hall–Kier alpha value is -1.98. The molecule has 0 N–H and O–H groups in total. The van der Waals surface area contributed by atoms with Crippen molar-refractivity contribution in [1.29, 1.82) is 0 Å². The molecule has 0 saturated heterocycles. The topological polar surface area (TPSA) is 37.4 Å². The van der Waals surface area contributed by atoms with Crippen molar-refractivity contribution in [2.45, 2.75) is 39.5 Å². The van der Waals surface area contributed by atoms with Gasteiger partial charge in [0.15, 0.2) is 11.6 Å². The molecular weight excluding hydrogens is 419 g/mol. The molecule has 0 aliphatic heterocycles. The number of carbonyl (C=O) groups is 2. The first kappa shape index (κ1) is 23.3. The van der Waals surface area contributed by atoms with Crippen LogP contribution in [-0.4, -0.2) is 23.3 Å². The number of nitrogens with zero attached hydrogens (tertiary/aromatic N) is 1. The Morgan fingerprint density at radius 1 is 0.931 bits per heavy atom. The van der Waals surface area contributed by atoms with Crippen LogP contribution in [0, 0.1) is 17.6 Å². The molecule has 3 nitrogen and oxygen atoms in total. The SMILES string of the molecule is CCCCC(CC)CN(C(=O)c1cccc(Cl)c1F)C(=O)c1cccc(Cl)c1F. The summed E-state index contributed by atoms with van der Waals surface area (Å²) in [7, 11) is 0. The first-order valence-electron chi connectivity index (χ1n) is 9.55. The summed E-state index contributed by atoms with van der Waals surface area (Å²) in [6.07, 6.45) is 3.39. The van der Waals surface area contributed by atoms with Gasteiger partial charge in [-0.3, -0.25) is 14.5 Å². The Morgan fingerprint density at radius 3 is 1.83 bits per heavy atom. The molecule has 0 aromatic heterocycles. The summed E-state index contributed by atoms with van der Waals surface area (Å²) >= 11 is 11.6. The van der Waals surface area contributed by atoms with Crippen molar-refractivity contribution < 1.29 is 18.4 Å². The van der Waals surface area contributed by atoms with Crippen LogP contribution in [0.3, 0.4) is 0 Å². The van der Waals surface area contributed by atoms with Gasteiger partial charge < -0.3 is 0 Å². The van der Waals surface area contributed by atoms with Gasteiger partial charge in [-0.25, -0.2) is 8.78 Å². The average Bonchev–Trinajstić information content (AvgIpc) is 2.71. The van der Waals surface area contributed by atoms with Crippen molar-refractivity contribution in [3.8, 4) is 0 Å². The average molecular weight is 442 g/mol. The van der Waals surface area contributed by atoms with E-state index in [0.717, 1.165) is 24.2 Å². The summed E-state index contributed by atoms with van der Waals surface area (Å²) in [4.78, 5) is 27.1. The molecule has 1 atom stereocenters. The molecule has 2 amide bonds. The van der Waals surface area contributed by atoms with Crippen LogP contribution < -0.4 is 0 Å². The third kappa shape index (κ3) is 5.55. The predicted octanol–water partition coefficient (Wildman–Crippen LogP) is 6.77. The van der Waals surface area contributed by atoms with E-state index in [2.05, 4.69) is 0 Å². The van der Waals surface area contributed by atoms with Gasteiger partial charge in [0.25, 0.3) is 11.8 Å². The second-order valence-corrected chi connectivity index (χ2v) is 7.65. The molecule has 2 rings (SSSR count). The lowest BCUT2D eigenvalue weighted by molar-refractivity contribution is 0.0580. The zero-order valence-corrected chi connectivity index (χ0v) is 17.9. The summed E-state index contributed by atoms with van der Waals surface area (Å²) < 4.78 is 28.9. The van der Waals surface area contributed by atoms with Crippen LogP contribution in [0.1, 0.15) is 60.2 Å². The Kier molecular flexibility index (Phi) is 8.60. The molecule has 0 aliphatic rings. The molecule has 2 aromatic rings. The van der Waals surface area contributed by atoms with Crippen molar-refractivity contribution in [1.82, 2.24) is 4.90 Å². The third-order valence-electron chi connectivity index (χ3n) is 4.84. The van der Waals surface area contributed by atoms with Gasteiger partial charge in [-0.05, 0) is 36.6 Å². The monoisotopic (exact) mass is 441 g/mol. The van der Waals surface area contributed by atoms with Crippen molar-refractivity contribution in [2.24, 2.45) is 5.92 Å². The number of hydrogen-bond donors (Lipinski definition) is 0. The molecule has 0 bridgehead atoms. The van der Waals surface area contributed by atoms with E-state index in [9.17, 15) is 18.4 Å². The Labute approximate surface area is 179 Å². The van der Waals surface area contributed by atoms with Crippen molar-refractivity contribution in [3.05, 3.63) is 69.2 Å². The molecule has 0 fully saturated rings. The van der Waals surface area contributed by atoms with E-state index in [1.807, 2.05) is 13.8 Å². The van der Waals surface area contributed by atoms with Crippen molar-refractivity contribution >= 4 is 35.0 Å². The maximum Gasteiger partial charge on any atom is 0.263 e. The zero-order chi connectivity index (χ0) is 21.6. The van der Waals surface area contributed by atoms with Crippen LogP contribution in [0.2, 0.25) is 10.0 Å².